The summed E-state index contributed by atoms with van der Waals surface area (Å²) >= 11 is 0. The maximum Gasteiger partial charge on any atom is 0.286 e. The van der Waals surface area contributed by atoms with Crippen LogP contribution in [0, 0.1) is 13.0 Å². The highest BCUT2D eigenvalue weighted by Crippen LogP contribution is 2.02. The molecular formula is C6H7FN2O. The van der Waals surface area contributed by atoms with E-state index in [9.17, 15) is 9.18 Å². The zero-order valence-corrected chi connectivity index (χ0v) is 5.52. The second kappa shape index (κ2) is 2.60. The Morgan fingerprint density at radius 1 is 1.80 bits per heavy atom. The fourth-order valence-corrected chi connectivity index (χ4v) is 0.735. The zero-order chi connectivity index (χ0) is 7.56. The molecule has 1 rings (SSSR count). The van der Waals surface area contributed by atoms with Crippen molar-refractivity contribution in [1.29, 1.82) is 0 Å². The summed E-state index contributed by atoms with van der Waals surface area (Å²) in [5.41, 5.74) is 1.09. The van der Waals surface area contributed by atoms with Crippen molar-refractivity contribution in [2.24, 2.45) is 0 Å². The predicted molar refractivity (Wildman–Crippen MR) is 33.1 cm³/mol. The van der Waals surface area contributed by atoms with Gasteiger partial charge in [-0.2, -0.15) is 4.39 Å². The summed E-state index contributed by atoms with van der Waals surface area (Å²) in [6.07, 6.45) is 0.240. The molecule has 4 heteroatoms. The minimum atomic E-state index is -0.630. The van der Waals surface area contributed by atoms with E-state index in [4.69, 9.17) is 0 Å². The molecule has 54 valence electrons. The fraction of sp³-hybridized carbons (Fsp3) is 0.333. The SMILES string of the molecule is Cc1[nH]c(F)nc1CC=O. The van der Waals surface area contributed by atoms with E-state index in [0.29, 0.717) is 17.7 Å². The zero-order valence-electron chi connectivity index (χ0n) is 5.52. The van der Waals surface area contributed by atoms with Gasteiger partial charge in [0.1, 0.15) is 6.29 Å². The number of carbonyl (C=O) groups is 1. The number of halogens is 1. The van der Waals surface area contributed by atoms with Crippen LogP contribution in [0.2, 0.25) is 0 Å². The van der Waals surface area contributed by atoms with Gasteiger partial charge in [0.2, 0.25) is 0 Å². The van der Waals surface area contributed by atoms with Crippen LogP contribution in [0.4, 0.5) is 4.39 Å². The molecule has 1 aromatic heterocycles. The molecule has 0 aliphatic heterocycles. The molecule has 0 aliphatic rings. The number of hydrogen-bond donors (Lipinski definition) is 1. The van der Waals surface area contributed by atoms with Crippen LogP contribution in [-0.4, -0.2) is 16.3 Å². The van der Waals surface area contributed by atoms with Gasteiger partial charge in [0.25, 0.3) is 6.08 Å². The van der Waals surface area contributed by atoms with Crippen LogP contribution in [0.25, 0.3) is 0 Å². The first-order valence-corrected chi connectivity index (χ1v) is 2.88. The van der Waals surface area contributed by atoms with E-state index >= 15 is 0 Å². The number of H-pyrrole nitrogens is 1. The molecular weight excluding hydrogens is 135 g/mol. The van der Waals surface area contributed by atoms with Crippen molar-refractivity contribution in [3.05, 3.63) is 17.5 Å². The van der Waals surface area contributed by atoms with Crippen molar-refractivity contribution < 1.29 is 9.18 Å². The van der Waals surface area contributed by atoms with E-state index < -0.39 is 6.08 Å². The van der Waals surface area contributed by atoms with E-state index in [1.54, 1.807) is 6.92 Å². The van der Waals surface area contributed by atoms with E-state index in [2.05, 4.69) is 9.97 Å². The third-order valence-electron chi connectivity index (χ3n) is 1.23. The van der Waals surface area contributed by atoms with Crippen LogP contribution in [0.15, 0.2) is 0 Å². The number of aromatic amines is 1. The molecule has 10 heavy (non-hydrogen) atoms. The van der Waals surface area contributed by atoms with Crippen molar-refractivity contribution in [2.75, 3.05) is 0 Å². The van der Waals surface area contributed by atoms with Crippen molar-refractivity contribution in [2.45, 2.75) is 13.3 Å². The Kier molecular flexibility index (Phi) is 1.80. The standard InChI is InChI=1S/C6H7FN2O/c1-4-5(2-3-10)9-6(7)8-4/h3H,2H2,1H3,(H,8,9). The molecule has 0 spiro atoms. The van der Waals surface area contributed by atoms with Gasteiger partial charge in [-0.05, 0) is 6.92 Å². The summed E-state index contributed by atoms with van der Waals surface area (Å²) in [5.74, 6) is 0. The summed E-state index contributed by atoms with van der Waals surface area (Å²) in [6.45, 7) is 1.68. The summed E-state index contributed by atoms with van der Waals surface area (Å²) in [5, 5.41) is 0. The van der Waals surface area contributed by atoms with E-state index in [1.165, 1.54) is 0 Å². The number of aromatic nitrogens is 2. The van der Waals surface area contributed by atoms with Crippen LogP contribution in [-0.2, 0) is 11.2 Å². The molecule has 0 unspecified atom stereocenters. The lowest BCUT2D eigenvalue weighted by atomic mass is 10.3. The van der Waals surface area contributed by atoms with Crippen molar-refractivity contribution in [3.8, 4) is 0 Å². The molecule has 0 atom stereocenters. The Balaban J connectivity index is 2.91. The van der Waals surface area contributed by atoms with Gasteiger partial charge in [-0.15, -0.1) is 0 Å². The van der Waals surface area contributed by atoms with E-state index in [1.807, 2.05) is 0 Å². The maximum absolute atomic E-state index is 12.2. The van der Waals surface area contributed by atoms with E-state index in [0.717, 1.165) is 0 Å². The molecule has 0 saturated heterocycles. The van der Waals surface area contributed by atoms with Crippen molar-refractivity contribution in [3.63, 3.8) is 0 Å². The van der Waals surface area contributed by atoms with Crippen LogP contribution in [0.3, 0.4) is 0 Å². The molecule has 0 aromatic carbocycles. The molecule has 0 aliphatic carbocycles. The highest BCUT2D eigenvalue weighted by molar-refractivity contribution is 5.54. The Hall–Kier alpha value is -1.19. The lowest BCUT2D eigenvalue weighted by Gasteiger charge is -1.85. The van der Waals surface area contributed by atoms with Crippen molar-refractivity contribution >= 4 is 6.29 Å². The maximum atomic E-state index is 12.2. The first-order chi connectivity index (χ1) is 4.74. The number of aryl methyl sites for hydroxylation is 1. The van der Waals surface area contributed by atoms with Gasteiger partial charge in [-0.1, -0.05) is 0 Å². The van der Waals surface area contributed by atoms with Gasteiger partial charge in [0.15, 0.2) is 0 Å². The Bertz CT molecular complexity index is 244. The summed E-state index contributed by atoms with van der Waals surface area (Å²) in [6, 6.07) is 0. The third-order valence-corrected chi connectivity index (χ3v) is 1.23. The van der Waals surface area contributed by atoms with Crippen LogP contribution in [0.5, 0.6) is 0 Å². The van der Waals surface area contributed by atoms with Crippen LogP contribution < -0.4 is 0 Å². The van der Waals surface area contributed by atoms with Crippen LogP contribution >= 0.6 is 0 Å². The first-order valence-electron chi connectivity index (χ1n) is 2.88. The molecule has 1 N–H and O–H groups in total. The Morgan fingerprint density at radius 3 is 2.90 bits per heavy atom. The molecule has 1 heterocycles. The molecule has 3 nitrogen and oxygen atoms in total. The van der Waals surface area contributed by atoms with Gasteiger partial charge in [-0.3, -0.25) is 0 Å². The Morgan fingerprint density at radius 2 is 2.50 bits per heavy atom. The largest absolute Gasteiger partial charge is 0.318 e. The molecule has 0 amide bonds. The van der Waals surface area contributed by atoms with Gasteiger partial charge in [-0.25, -0.2) is 4.98 Å². The van der Waals surface area contributed by atoms with E-state index in [-0.39, 0.29) is 6.42 Å². The second-order valence-corrected chi connectivity index (χ2v) is 1.97. The second-order valence-electron chi connectivity index (χ2n) is 1.97. The molecule has 1 aromatic rings. The van der Waals surface area contributed by atoms with Gasteiger partial charge in [0.05, 0.1) is 5.69 Å². The normalized spacial score (nSPS) is 9.80. The molecule has 0 bridgehead atoms. The Labute approximate surface area is 57.3 Å². The summed E-state index contributed by atoms with van der Waals surface area (Å²) in [7, 11) is 0. The number of nitrogens with zero attached hydrogens (tertiary/aromatic N) is 1. The smallest absolute Gasteiger partial charge is 0.286 e. The lowest BCUT2D eigenvalue weighted by molar-refractivity contribution is -0.107. The minimum Gasteiger partial charge on any atom is -0.318 e. The average Bonchev–Trinajstić information content (AvgIpc) is 2.13. The lowest BCUT2D eigenvalue weighted by Crippen LogP contribution is -1.88. The quantitative estimate of drug-likeness (QED) is 0.614. The number of nitrogens with one attached hydrogen (secondary N) is 1. The third kappa shape index (κ3) is 1.21. The number of hydrogen-bond acceptors (Lipinski definition) is 2. The summed E-state index contributed by atoms with van der Waals surface area (Å²) < 4.78 is 12.2. The summed E-state index contributed by atoms with van der Waals surface area (Å²) in [4.78, 5) is 15.8. The molecule has 0 fully saturated rings. The molecule has 0 radical (unpaired) electrons. The van der Waals surface area contributed by atoms with Gasteiger partial charge < -0.3 is 9.78 Å². The van der Waals surface area contributed by atoms with Gasteiger partial charge >= 0.3 is 0 Å². The van der Waals surface area contributed by atoms with Crippen molar-refractivity contribution in [1.82, 2.24) is 9.97 Å². The topological polar surface area (TPSA) is 45.8 Å². The number of aldehydes is 1. The number of imidazole rings is 1. The predicted octanol–water partition coefficient (Wildman–Crippen LogP) is 0.599. The average molecular weight is 142 g/mol. The highest BCUT2D eigenvalue weighted by atomic mass is 19.1. The minimum absolute atomic E-state index is 0.173. The first kappa shape index (κ1) is 6.92. The highest BCUT2D eigenvalue weighted by Gasteiger charge is 2.03. The number of carbonyl (C=O) groups excluding carboxylic acids is 1. The number of rotatable bonds is 2. The van der Waals surface area contributed by atoms with Crippen LogP contribution in [0.1, 0.15) is 11.4 Å². The monoisotopic (exact) mass is 142 g/mol. The van der Waals surface area contributed by atoms with Gasteiger partial charge in [0, 0.05) is 12.1 Å². The molecule has 0 saturated carbocycles. The fourth-order valence-electron chi connectivity index (χ4n) is 0.735.